The van der Waals surface area contributed by atoms with Crippen molar-refractivity contribution in [1.29, 1.82) is 0 Å². The van der Waals surface area contributed by atoms with Crippen LogP contribution in [0.15, 0.2) is 200 Å². The van der Waals surface area contributed by atoms with Crippen molar-refractivity contribution in [3.8, 4) is 50.5 Å². The third-order valence-electron chi connectivity index (χ3n) is 11.0. The van der Waals surface area contributed by atoms with Crippen molar-refractivity contribution in [1.82, 2.24) is 14.5 Å². The van der Waals surface area contributed by atoms with E-state index in [0.29, 0.717) is 0 Å². The first-order valence-corrected chi connectivity index (χ1v) is 18.7. The predicted octanol–water partition coefficient (Wildman–Crippen LogP) is 13.7. The molecule has 0 aliphatic rings. The molecule has 0 unspecified atom stereocenters. The summed E-state index contributed by atoms with van der Waals surface area (Å²) in [4.78, 5) is 11.1. The lowest BCUT2D eigenvalue weighted by molar-refractivity contribution is 1.18. The molecule has 11 rings (SSSR count). The second-order valence-electron chi connectivity index (χ2n) is 14.2. The normalized spacial score (nSPS) is 11.6. The Morgan fingerprint density at radius 1 is 0.273 bits per heavy atom. The average molecular weight is 700 g/mol. The van der Waals surface area contributed by atoms with Gasteiger partial charge in [0, 0.05) is 38.4 Å². The summed E-state index contributed by atoms with van der Waals surface area (Å²) >= 11 is 0. The minimum atomic E-state index is 0.865. The topological polar surface area (TPSA) is 30.7 Å². The van der Waals surface area contributed by atoms with Crippen LogP contribution in [-0.4, -0.2) is 14.5 Å². The zero-order chi connectivity index (χ0) is 36.3. The maximum atomic E-state index is 5.58. The molecular formula is C52H33N3. The Kier molecular flexibility index (Phi) is 7.17. The molecular weight excluding hydrogens is 667 g/mol. The van der Waals surface area contributed by atoms with Crippen LogP contribution in [0.25, 0.3) is 105 Å². The molecule has 256 valence electrons. The van der Waals surface area contributed by atoms with E-state index in [1.807, 2.05) is 0 Å². The summed E-state index contributed by atoms with van der Waals surface area (Å²) in [6.07, 6.45) is 0. The standard InChI is InChI=1S/C52H33N3/c1-3-14-34(15-4-1)35-26-28-36(29-27-35)49-50(54-52-45-24-10-8-21-42(45)41-20-7-9-23-44(41)51(52)53-49)39-17-13-16-37(32-39)38-30-31-48-46(33-38)43-22-11-12-25-47(43)55(48)40-18-5-2-6-19-40/h1-33H. The van der Waals surface area contributed by atoms with E-state index in [0.717, 1.165) is 61.1 Å². The molecule has 0 spiro atoms. The van der Waals surface area contributed by atoms with Gasteiger partial charge in [0.15, 0.2) is 0 Å². The van der Waals surface area contributed by atoms with Gasteiger partial charge in [-0.05, 0) is 69.4 Å². The van der Waals surface area contributed by atoms with E-state index in [1.54, 1.807) is 0 Å². The largest absolute Gasteiger partial charge is 0.309 e. The van der Waals surface area contributed by atoms with Gasteiger partial charge >= 0.3 is 0 Å². The highest BCUT2D eigenvalue weighted by Crippen LogP contribution is 2.40. The van der Waals surface area contributed by atoms with Gasteiger partial charge in [0.25, 0.3) is 0 Å². The van der Waals surface area contributed by atoms with Gasteiger partial charge in [-0.1, -0.05) is 164 Å². The highest BCUT2D eigenvalue weighted by Gasteiger charge is 2.19. The second kappa shape index (κ2) is 12.6. The summed E-state index contributed by atoms with van der Waals surface area (Å²) in [5, 5.41) is 7.04. The molecule has 3 heteroatoms. The quantitative estimate of drug-likeness (QED) is 0.167. The molecule has 3 nitrogen and oxygen atoms in total. The number of hydrogen-bond acceptors (Lipinski definition) is 2. The number of nitrogens with zero attached hydrogens (tertiary/aromatic N) is 3. The van der Waals surface area contributed by atoms with Gasteiger partial charge in [0.2, 0.25) is 0 Å². The van der Waals surface area contributed by atoms with Gasteiger partial charge in [-0.15, -0.1) is 0 Å². The van der Waals surface area contributed by atoms with Crippen molar-refractivity contribution >= 4 is 54.4 Å². The first-order chi connectivity index (χ1) is 27.3. The SMILES string of the molecule is c1ccc(-c2ccc(-c3nc4c5ccccc5c5ccccc5c4nc3-c3cccc(-c4ccc5c(c4)c4ccccc4n5-c4ccccc4)c3)cc2)cc1. The molecule has 0 atom stereocenters. The first-order valence-electron chi connectivity index (χ1n) is 18.7. The van der Waals surface area contributed by atoms with E-state index < -0.39 is 0 Å². The van der Waals surface area contributed by atoms with Crippen molar-refractivity contribution in [2.45, 2.75) is 0 Å². The molecule has 0 N–H and O–H groups in total. The molecule has 0 saturated carbocycles. The van der Waals surface area contributed by atoms with E-state index in [1.165, 1.54) is 43.7 Å². The van der Waals surface area contributed by atoms with E-state index >= 15 is 0 Å². The summed E-state index contributed by atoms with van der Waals surface area (Å²) in [6.45, 7) is 0. The van der Waals surface area contributed by atoms with Crippen molar-refractivity contribution in [3.05, 3.63) is 200 Å². The van der Waals surface area contributed by atoms with Crippen LogP contribution in [0.3, 0.4) is 0 Å². The predicted molar refractivity (Wildman–Crippen MR) is 231 cm³/mol. The fourth-order valence-corrected chi connectivity index (χ4v) is 8.37. The van der Waals surface area contributed by atoms with Crippen molar-refractivity contribution in [2.24, 2.45) is 0 Å². The molecule has 0 bridgehead atoms. The number of para-hydroxylation sites is 2. The Hall–Kier alpha value is -7.36. The lowest BCUT2D eigenvalue weighted by atomic mass is 9.95. The van der Waals surface area contributed by atoms with Crippen LogP contribution >= 0.6 is 0 Å². The fraction of sp³-hybridized carbons (Fsp3) is 0. The molecule has 0 radical (unpaired) electrons. The molecule has 2 aromatic heterocycles. The van der Waals surface area contributed by atoms with Gasteiger partial charge in [-0.2, -0.15) is 0 Å². The molecule has 0 aliphatic heterocycles. The van der Waals surface area contributed by atoms with Crippen LogP contribution in [0.1, 0.15) is 0 Å². The Bertz CT molecular complexity index is 3230. The Balaban J connectivity index is 1.12. The van der Waals surface area contributed by atoms with E-state index in [2.05, 4.69) is 205 Å². The molecule has 9 aromatic carbocycles. The minimum Gasteiger partial charge on any atom is -0.309 e. The van der Waals surface area contributed by atoms with Gasteiger partial charge in [0.05, 0.1) is 33.5 Å². The van der Waals surface area contributed by atoms with Crippen LogP contribution in [0.5, 0.6) is 0 Å². The molecule has 0 saturated heterocycles. The van der Waals surface area contributed by atoms with Crippen LogP contribution in [0.2, 0.25) is 0 Å². The highest BCUT2D eigenvalue weighted by atomic mass is 15.0. The number of rotatable bonds is 5. The fourth-order valence-electron chi connectivity index (χ4n) is 8.37. The second-order valence-corrected chi connectivity index (χ2v) is 14.2. The lowest BCUT2D eigenvalue weighted by Gasteiger charge is -2.15. The zero-order valence-electron chi connectivity index (χ0n) is 29.9. The first kappa shape index (κ1) is 31.2. The molecule has 0 amide bonds. The third-order valence-corrected chi connectivity index (χ3v) is 11.0. The van der Waals surface area contributed by atoms with Gasteiger partial charge in [-0.25, -0.2) is 9.97 Å². The van der Waals surface area contributed by atoms with Crippen molar-refractivity contribution in [2.75, 3.05) is 0 Å². The number of fused-ring (bicyclic) bond motifs is 9. The van der Waals surface area contributed by atoms with E-state index in [4.69, 9.17) is 9.97 Å². The van der Waals surface area contributed by atoms with E-state index in [9.17, 15) is 0 Å². The average Bonchev–Trinajstić information content (AvgIpc) is 3.60. The van der Waals surface area contributed by atoms with Crippen LogP contribution < -0.4 is 0 Å². The van der Waals surface area contributed by atoms with E-state index in [-0.39, 0.29) is 0 Å². The highest BCUT2D eigenvalue weighted by molar-refractivity contribution is 6.23. The number of benzene rings is 9. The van der Waals surface area contributed by atoms with Gasteiger partial charge in [0.1, 0.15) is 0 Å². The minimum absolute atomic E-state index is 0.865. The Labute approximate surface area is 318 Å². The van der Waals surface area contributed by atoms with Crippen molar-refractivity contribution in [3.63, 3.8) is 0 Å². The summed E-state index contributed by atoms with van der Waals surface area (Å²) in [5.41, 5.74) is 13.8. The molecule has 55 heavy (non-hydrogen) atoms. The number of aromatic nitrogens is 3. The molecule has 2 heterocycles. The third kappa shape index (κ3) is 5.13. The Morgan fingerprint density at radius 2 is 0.727 bits per heavy atom. The van der Waals surface area contributed by atoms with Gasteiger partial charge < -0.3 is 4.57 Å². The lowest BCUT2D eigenvalue weighted by Crippen LogP contribution is -1.98. The molecule has 0 aliphatic carbocycles. The summed E-state index contributed by atoms with van der Waals surface area (Å²) in [6, 6.07) is 71.3. The maximum Gasteiger partial charge on any atom is 0.0979 e. The molecule has 0 fully saturated rings. The van der Waals surface area contributed by atoms with Crippen LogP contribution in [0.4, 0.5) is 0 Å². The summed E-state index contributed by atoms with van der Waals surface area (Å²) < 4.78 is 2.36. The maximum absolute atomic E-state index is 5.58. The molecule has 11 aromatic rings. The van der Waals surface area contributed by atoms with Gasteiger partial charge in [-0.3, -0.25) is 0 Å². The smallest absolute Gasteiger partial charge is 0.0979 e. The summed E-state index contributed by atoms with van der Waals surface area (Å²) in [7, 11) is 0. The van der Waals surface area contributed by atoms with Crippen LogP contribution in [-0.2, 0) is 0 Å². The number of hydrogen-bond donors (Lipinski definition) is 0. The van der Waals surface area contributed by atoms with Crippen LogP contribution in [0, 0.1) is 0 Å². The van der Waals surface area contributed by atoms with Crippen molar-refractivity contribution < 1.29 is 0 Å². The monoisotopic (exact) mass is 699 g/mol. The zero-order valence-corrected chi connectivity index (χ0v) is 29.9. The summed E-state index contributed by atoms with van der Waals surface area (Å²) in [5.74, 6) is 0. The Morgan fingerprint density at radius 3 is 1.42 bits per heavy atom.